The largest absolute Gasteiger partial charge is 0.323 e. The molecule has 2 fully saturated rings. The number of rotatable bonds is 2. The van der Waals surface area contributed by atoms with Gasteiger partial charge >= 0.3 is 6.03 Å². The minimum Gasteiger partial charge on any atom is -0.323 e. The summed E-state index contributed by atoms with van der Waals surface area (Å²) in [6, 6.07) is 3.24. The van der Waals surface area contributed by atoms with Crippen LogP contribution >= 0.6 is 0 Å². The molecule has 0 bridgehead atoms. The number of imide groups is 1. The number of anilines is 1. The van der Waals surface area contributed by atoms with Gasteiger partial charge in [-0.05, 0) is 19.1 Å². The fourth-order valence-corrected chi connectivity index (χ4v) is 3.49. The first-order chi connectivity index (χ1) is 12.4. The Labute approximate surface area is 149 Å². The molecule has 0 saturated carbocycles. The van der Waals surface area contributed by atoms with Crippen molar-refractivity contribution in [3.8, 4) is 11.1 Å². The van der Waals surface area contributed by atoms with Crippen molar-refractivity contribution in [2.45, 2.75) is 6.92 Å². The molecule has 4 amide bonds. The van der Waals surface area contributed by atoms with E-state index in [1.807, 2.05) is 26.2 Å². The Kier molecular flexibility index (Phi) is 3.71. The molecule has 2 aliphatic rings. The van der Waals surface area contributed by atoms with Gasteiger partial charge in [0, 0.05) is 43.2 Å². The first-order valence-electron chi connectivity index (χ1n) is 8.29. The Morgan fingerprint density at radius 1 is 1.23 bits per heavy atom. The van der Waals surface area contributed by atoms with Crippen molar-refractivity contribution in [3.05, 3.63) is 30.2 Å². The molecule has 0 unspecified atom stereocenters. The van der Waals surface area contributed by atoms with Gasteiger partial charge < -0.3 is 4.90 Å². The highest BCUT2D eigenvalue weighted by Crippen LogP contribution is 2.29. The number of amides is 4. The highest BCUT2D eigenvalue weighted by molar-refractivity contribution is 6.06. The van der Waals surface area contributed by atoms with Gasteiger partial charge in [0.25, 0.3) is 0 Å². The Morgan fingerprint density at radius 3 is 2.50 bits per heavy atom. The number of aromatic nitrogens is 3. The number of carbonyl (C=O) groups is 3. The van der Waals surface area contributed by atoms with Crippen LogP contribution in [0.1, 0.15) is 5.69 Å². The number of nitrogens with zero attached hydrogens (tertiary/aromatic N) is 4. The van der Waals surface area contributed by atoms with E-state index >= 15 is 0 Å². The molecule has 2 saturated heterocycles. The van der Waals surface area contributed by atoms with E-state index in [1.165, 1.54) is 4.90 Å². The first kappa shape index (κ1) is 16.2. The van der Waals surface area contributed by atoms with E-state index in [-0.39, 0.29) is 30.9 Å². The van der Waals surface area contributed by atoms with Crippen molar-refractivity contribution in [1.29, 1.82) is 0 Å². The van der Waals surface area contributed by atoms with Crippen LogP contribution in [-0.4, -0.2) is 50.6 Å². The predicted octanol–water partition coefficient (Wildman–Crippen LogP) is 0.527. The van der Waals surface area contributed by atoms with Crippen LogP contribution in [0.3, 0.4) is 0 Å². The summed E-state index contributed by atoms with van der Waals surface area (Å²) in [5.74, 6) is -1.07. The third kappa shape index (κ3) is 2.71. The molecule has 2 N–H and O–H groups in total. The number of carbonyl (C=O) groups excluding carboxylic acids is 3. The van der Waals surface area contributed by atoms with Crippen LogP contribution in [0.4, 0.5) is 10.6 Å². The lowest BCUT2D eigenvalue weighted by Gasteiger charge is -2.18. The summed E-state index contributed by atoms with van der Waals surface area (Å²) in [5, 5.41) is 9.19. The fourth-order valence-electron chi connectivity index (χ4n) is 3.49. The second-order valence-electron chi connectivity index (χ2n) is 6.63. The normalized spacial score (nSPS) is 21.7. The quantitative estimate of drug-likeness (QED) is 0.765. The predicted molar refractivity (Wildman–Crippen MR) is 91.9 cm³/mol. The first-order valence-corrected chi connectivity index (χ1v) is 8.29. The lowest BCUT2D eigenvalue weighted by Crippen LogP contribution is -2.37. The van der Waals surface area contributed by atoms with Crippen molar-refractivity contribution in [3.63, 3.8) is 0 Å². The van der Waals surface area contributed by atoms with E-state index in [1.54, 1.807) is 16.9 Å². The van der Waals surface area contributed by atoms with Crippen LogP contribution in [0.25, 0.3) is 11.1 Å². The van der Waals surface area contributed by atoms with Gasteiger partial charge in [-0.2, -0.15) is 5.10 Å². The molecule has 4 heterocycles. The number of likely N-dealkylation sites (tertiary alicyclic amines) is 1. The minimum absolute atomic E-state index is 0.237. The molecule has 9 nitrogen and oxygen atoms in total. The van der Waals surface area contributed by atoms with Crippen molar-refractivity contribution < 1.29 is 14.4 Å². The lowest BCUT2D eigenvalue weighted by atomic mass is 10.00. The summed E-state index contributed by atoms with van der Waals surface area (Å²) < 4.78 is 1.71. The van der Waals surface area contributed by atoms with Gasteiger partial charge in [0.2, 0.25) is 11.8 Å². The SMILES string of the molecule is Cc1nc(NC(=O)N2C[C@@H]3C(=O)NC(=O)[C@@H]3C2)ccc1-c1cnn(C)c1. The smallest absolute Gasteiger partial charge is 0.323 e. The summed E-state index contributed by atoms with van der Waals surface area (Å²) in [4.78, 5) is 41.8. The second kappa shape index (κ2) is 5.94. The minimum atomic E-state index is -0.448. The van der Waals surface area contributed by atoms with E-state index < -0.39 is 11.8 Å². The van der Waals surface area contributed by atoms with Crippen LogP contribution in [-0.2, 0) is 16.6 Å². The molecule has 2 atom stereocenters. The molecule has 9 heteroatoms. The van der Waals surface area contributed by atoms with Gasteiger partial charge in [-0.3, -0.25) is 24.9 Å². The highest BCUT2D eigenvalue weighted by atomic mass is 16.2. The van der Waals surface area contributed by atoms with E-state index in [4.69, 9.17) is 0 Å². The molecule has 0 spiro atoms. The summed E-state index contributed by atoms with van der Waals surface area (Å²) in [5.41, 5.74) is 2.66. The fraction of sp³-hybridized carbons (Fsp3) is 0.353. The third-order valence-electron chi connectivity index (χ3n) is 4.86. The van der Waals surface area contributed by atoms with Gasteiger partial charge in [0.05, 0.1) is 18.0 Å². The van der Waals surface area contributed by atoms with E-state index in [2.05, 4.69) is 20.7 Å². The number of hydrogen-bond donors (Lipinski definition) is 2. The third-order valence-corrected chi connectivity index (χ3v) is 4.86. The number of urea groups is 1. The number of pyridine rings is 1. The van der Waals surface area contributed by atoms with Crippen LogP contribution < -0.4 is 10.6 Å². The molecular formula is C17H18N6O3. The lowest BCUT2D eigenvalue weighted by molar-refractivity contribution is -0.126. The standard InChI is InChI=1S/C17H18N6O3/c1-9-11(10-5-18-22(2)6-10)3-4-14(19-9)20-17(26)23-7-12-13(8-23)16(25)21-15(12)24/h3-6,12-13H,7-8H2,1-2H3,(H,19,20,26)(H,21,24,25)/t12-,13+. The monoisotopic (exact) mass is 354 g/mol. The van der Waals surface area contributed by atoms with Gasteiger partial charge in [-0.15, -0.1) is 0 Å². The summed E-state index contributed by atoms with van der Waals surface area (Å²) in [6.07, 6.45) is 3.65. The summed E-state index contributed by atoms with van der Waals surface area (Å²) in [6.45, 7) is 2.34. The van der Waals surface area contributed by atoms with E-state index in [0.717, 1.165) is 16.8 Å². The van der Waals surface area contributed by atoms with Crippen LogP contribution in [0.15, 0.2) is 24.5 Å². The molecule has 4 rings (SSSR count). The number of nitrogens with one attached hydrogen (secondary N) is 2. The van der Waals surface area contributed by atoms with Crippen molar-refractivity contribution in [2.75, 3.05) is 18.4 Å². The molecular weight excluding hydrogens is 336 g/mol. The molecule has 2 aromatic heterocycles. The number of fused-ring (bicyclic) bond motifs is 1. The molecule has 0 aliphatic carbocycles. The summed E-state index contributed by atoms with van der Waals surface area (Å²) >= 11 is 0. The van der Waals surface area contributed by atoms with Crippen molar-refractivity contribution >= 4 is 23.7 Å². The van der Waals surface area contributed by atoms with E-state index in [0.29, 0.717) is 5.82 Å². The van der Waals surface area contributed by atoms with Crippen molar-refractivity contribution in [1.82, 2.24) is 25.0 Å². The van der Waals surface area contributed by atoms with E-state index in [9.17, 15) is 14.4 Å². The molecule has 26 heavy (non-hydrogen) atoms. The zero-order chi connectivity index (χ0) is 18.4. The highest BCUT2D eigenvalue weighted by Gasteiger charge is 2.49. The molecule has 0 radical (unpaired) electrons. The average Bonchev–Trinajstić information content (AvgIpc) is 3.26. The second-order valence-corrected chi connectivity index (χ2v) is 6.63. The van der Waals surface area contributed by atoms with Crippen LogP contribution in [0.2, 0.25) is 0 Å². The Bertz CT molecular complexity index is 899. The van der Waals surface area contributed by atoms with Crippen LogP contribution in [0.5, 0.6) is 0 Å². The Balaban J connectivity index is 1.46. The molecule has 2 aliphatic heterocycles. The Morgan fingerprint density at radius 2 is 1.92 bits per heavy atom. The number of hydrogen-bond acceptors (Lipinski definition) is 5. The Hall–Kier alpha value is -3.23. The molecule has 134 valence electrons. The summed E-state index contributed by atoms with van der Waals surface area (Å²) in [7, 11) is 1.84. The maximum absolute atomic E-state index is 12.4. The topological polar surface area (TPSA) is 109 Å². The van der Waals surface area contributed by atoms with Gasteiger partial charge in [-0.1, -0.05) is 0 Å². The van der Waals surface area contributed by atoms with Gasteiger partial charge in [0.1, 0.15) is 5.82 Å². The van der Waals surface area contributed by atoms with Gasteiger partial charge in [-0.25, -0.2) is 9.78 Å². The maximum Gasteiger partial charge on any atom is 0.323 e. The van der Waals surface area contributed by atoms with Crippen molar-refractivity contribution in [2.24, 2.45) is 18.9 Å². The molecule has 0 aromatic carbocycles. The van der Waals surface area contributed by atoms with Gasteiger partial charge in [0.15, 0.2) is 0 Å². The molecule has 2 aromatic rings. The maximum atomic E-state index is 12.4. The average molecular weight is 354 g/mol. The zero-order valence-electron chi connectivity index (χ0n) is 14.4. The zero-order valence-corrected chi connectivity index (χ0v) is 14.4. The number of aryl methyl sites for hydroxylation is 2. The van der Waals surface area contributed by atoms with Crippen LogP contribution in [0, 0.1) is 18.8 Å².